The van der Waals surface area contributed by atoms with Crippen LogP contribution in [-0.2, 0) is 6.42 Å². The maximum absolute atomic E-state index is 12.2. The van der Waals surface area contributed by atoms with Crippen molar-refractivity contribution in [3.05, 3.63) is 59.2 Å². The van der Waals surface area contributed by atoms with Crippen LogP contribution >= 0.6 is 0 Å². The van der Waals surface area contributed by atoms with Crippen LogP contribution in [-0.4, -0.2) is 26.2 Å². The number of carbonyl (C=O) groups is 1. The standard InChI is InChI=1S/C19H18N2O3/c1-23-17-6-5-15-8-14(12-24-18(15)9-17)11-21-19(22)16-4-2-3-13(7-16)10-20/h2-7,9,14H,8,11-12H2,1H3,(H,21,22). The van der Waals surface area contributed by atoms with Crippen LogP contribution in [0, 0.1) is 17.2 Å². The first-order valence-electron chi connectivity index (χ1n) is 7.77. The molecule has 1 amide bonds. The molecular weight excluding hydrogens is 304 g/mol. The summed E-state index contributed by atoms with van der Waals surface area (Å²) in [5.74, 6) is 1.66. The first-order chi connectivity index (χ1) is 11.7. The van der Waals surface area contributed by atoms with E-state index in [0.717, 1.165) is 23.5 Å². The molecule has 5 heteroatoms. The Hall–Kier alpha value is -3.00. The van der Waals surface area contributed by atoms with E-state index in [1.54, 1.807) is 31.4 Å². The molecule has 0 saturated carbocycles. The van der Waals surface area contributed by atoms with Gasteiger partial charge in [0.15, 0.2) is 0 Å². The predicted octanol–water partition coefficient (Wildman–Crippen LogP) is 2.55. The molecule has 2 aromatic rings. The minimum absolute atomic E-state index is 0.173. The third-order valence-corrected chi connectivity index (χ3v) is 4.06. The smallest absolute Gasteiger partial charge is 0.251 e. The van der Waals surface area contributed by atoms with Crippen molar-refractivity contribution >= 4 is 5.91 Å². The largest absolute Gasteiger partial charge is 0.497 e. The van der Waals surface area contributed by atoms with Crippen LogP contribution in [0.5, 0.6) is 11.5 Å². The summed E-state index contributed by atoms with van der Waals surface area (Å²) in [4.78, 5) is 12.2. The van der Waals surface area contributed by atoms with Gasteiger partial charge in [-0.2, -0.15) is 5.26 Å². The molecule has 24 heavy (non-hydrogen) atoms. The highest BCUT2D eigenvalue weighted by Crippen LogP contribution is 2.30. The summed E-state index contributed by atoms with van der Waals surface area (Å²) in [7, 11) is 1.63. The average Bonchev–Trinajstić information content (AvgIpc) is 2.65. The van der Waals surface area contributed by atoms with Crippen molar-refractivity contribution in [2.24, 2.45) is 5.92 Å². The van der Waals surface area contributed by atoms with Crippen molar-refractivity contribution in [2.45, 2.75) is 6.42 Å². The fraction of sp³-hybridized carbons (Fsp3) is 0.263. The van der Waals surface area contributed by atoms with Crippen molar-refractivity contribution in [3.8, 4) is 17.6 Å². The maximum Gasteiger partial charge on any atom is 0.251 e. The van der Waals surface area contributed by atoms with Crippen LogP contribution in [0.25, 0.3) is 0 Å². The molecule has 1 heterocycles. The second-order valence-corrected chi connectivity index (χ2v) is 5.76. The van der Waals surface area contributed by atoms with Crippen LogP contribution in [0.4, 0.5) is 0 Å². The zero-order valence-corrected chi connectivity index (χ0v) is 13.4. The number of hydrogen-bond donors (Lipinski definition) is 1. The summed E-state index contributed by atoms with van der Waals surface area (Å²) in [6.45, 7) is 1.08. The van der Waals surface area contributed by atoms with Gasteiger partial charge in [-0.3, -0.25) is 4.79 Å². The zero-order chi connectivity index (χ0) is 16.9. The highest BCUT2D eigenvalue weighted by Gasteiger charge is 2.21. The van der Waals surface area contributed by atoms with E-state index in [0.29, 0.717) is 24.3 Å². The van der Waals surface area contributed by atoms with E-state index in [1.807, 2.05) is 24.3 Å². The van der Waals surface area contributed by atoms with E-state index in [2.05, 4.69) is 5.32 Å². The summed E-state index contributed by atoms with van der Waals surface area (Å²) < 4.78 is 11.0. The van der Waals surface area contributed by atoms with Gasteiger partial charge in [-0.1, -0.05) is 12.1 Å². The first-order valence-corrected chi connectivity index (χ1v) is 7.77. The fourth-order valence-corrected chi connectivity index (χ4v) is 2.74. The Balaban J connectivity index is 1.59. The molecule has 0 radical (unpaired) electrons. The van der Waals surface area contributed by atoms with E-state index in [1.165, 1.54) is 0 Å². The van der Waals surface area contributed by atoms with Crippen molar-refractivity contribution in [1.82, 2.24) is 5.32 Å². The molecule has 0 aromatic heterocycles. The van der Waals surface area contributed by atoms with Crippen molar-refractivity contribution in [1.29, 1.82) is 5.26 Å². The lowest BCUT2D eigenvalue weighted by Crippen LogP contribution is -2.34. The molecule has 0 aliphatic carbocycles. The summed E-state index contributed by atoms with van der Waals surface area (Å²) in [6, 6.07) is 14.5. The maximum atomic E-state index is 12.2. The number of hydrogen-bond acceptors (Lipinski definition) is 4. The van der Waals surface area contributed by atoms with Gasteiger partial charge < -0.3 is 14.8 Å². The van der Waals surface area contributed by atoms with Crippen LogP contribution in [0.1, 0.15) is 21.5 Å². The van der Waals surface area contributed by atoms with Crippen molar-refractivity contribution in [3.63, 3.8) is 0 Å². The Morgan fingerprint density at radius 1 is 1.38 bits per heavy atom. The molecule has 0 saturated heterocycles. The Bertz CT molecular complexity index is 795. The van der Waals surface area contributed by atoms with E-state index in [9.17, 15) is 4.79 Å². The van der Waals surface area contributed by atoms with Crippen LogP contribution < -0.4 is 14.8 Å². The third-order valence-electron chi connectivity index (χ3n) is 4.06. The Morgan fingerprint density at radius 3 is 3.04 bits per heavy atom. The summed E-state index contributed by atoms with van der Waals surface area (Å²) in [6.07, 6.45) is 0.845. The highest BCUT2D eigenvalue weighted by atomic mass is 16.5. The molecule has 1 N–H and O–H groups in total. The van der Waals surface area contributed by atoms with Crippen molar-refractivity contribution in [2.75, 3.05) is 20.3 Å². The van der Waals surface area contributed by atoms with Gasteiger partial charge in [-0.25, -0.2) is 0 Å². The Kier molecular flexibility index (Phi) is 4.66. The van der Waals surface area contributed by atoms with Gasteiger partial charge in [0.25, 0.3) is 5.91 Å². The number of fused-ring (bicyclic) bond motifs is 1. The van der Waals surface area contributed by atoms with Gasteiger partial charge >= 0.3 is 0 Å². The lowest BCUT2D eigenvalue weighted by molar-refractivity contribution is 0.0939. The normalized spacial score (nSPS) is 15.6. The summed E-state index contributed by atoms with van der Waals surface area (Å²) >= 11 is 0. The Morgan fingerprint density at radius 2 is 2.25 bits per heavy atom. The SMILES string of the molecule is COc1ccc2c(c1)OCC(CNC(=O)c1cccc(C#N)c1)C2. The number of nitrogens with one attached hydrogen (secondary N) is 1. The van der Waals surface area contributed by atoms with E-state index < -0.39 is 0 Å². The lowest BCUT2D eigenvalue weighted by Gasteiger charge is -2.25. The number of carbonyl (C=O) groups excluding carboxylic acids is 1. The number of amides is 1. The first kappa shape index (κ1) is 15.9. The number of nitriles is 1. The molecular formula is C19H18N2O3. The quantitative estimate of drug-likeness (QED) is 0.939. The minimum atomic E-state index is -0.173. The second-order valence-electron chi connectivity index (χ2n) is 5.76. The molecule has 0 fully saturated rings. The van der Waals surface area contributed by atoms with Gasteiger partial charge in [0.2, 0.25) is 0 Å². The molecule has 3 rings (SSSR count). The molecule has 0 spiro atoms. The number of rotatable bonds is 4. The number of nitrogens with zero attached hydrogens (tertiary/aromatic N) is 1. The van der Waals surface area contributed by atoms with Gasteiger partial charge in [0.05, 0.1) is 25.3 Å². The molecule has 2 aromatic carbocycles. The average molecular weight is 322 g/mol. The highest BCUT2D eigenvalue weighted by molar-refractivity contribution is 5.94. The number of ether oxygens (including phenoxy) is 2. The predicted molar refractivity (Wildman–Crippen MR) is 89.2 cm³/mol. The molecule has 122 valence electrons. The molecule has 1 atom stereocenters. The molecule has 5 nitrogen and oxygen atoms in total. The van der Waals surface area contributed by atoms with Crippen molar-refractivity contribution < 1.29 is 14.3 Å². The zero-order valence-electron chi connectivity index (χ0n) is 13.4. The monoisotopic (exact) mass is 322 g/mol. The molecule has 1 aliphatic heterocycles. The fourth-order valence-electron chi connectivity index (χ4n) is 2.74. The molecule has 0 bridgehead atoms. The van der Waals surface area contributed by atoms with E-state index in [-0.39, 0.29) is 11.8 Å². The number of methoxy groups -OCH3 is 1. The van der Waals surface area contributed by atoms with Crippen LogP contribution in [0.15, 0.2) is 42.5 Å². The second kappa shape index (κ2) is 7.05. The molecule has 1 aliphatic rings. The summed E-state index contributed by atoms with van der Waals surface area (Å²) in [5, 5.41) is 11.8. The van der Waals surface area contributed by atoms with Gasteiger partial charge in [-0.05, 0) is 36.2 Å². The van der Waals surface area contributed by atoms with Gasteiger partial charge in [0.1, 0.15) is 11.5 Å². The van der Waals surface area contributed by atoms with E-state index >= 15 is 0 Å². The lowest BCUT2D eigenvalue weighted by atomic mass is 9.96. The van der Waals surface area contributed by atoms with Crippen LogP contribution in [0.3, 0.4) is 0 Å². The third kappa shape index (κ3) is 3.49. The summed E-state index contributed by atoms with van der Waals surface area (Å²) in [5.41, 5.74) is 2.09. The molecule has 1 unspecified atom stereocenters. The number of benzene rings is 2. The topological polar surface area (TPSA) is 71.3 Å². The van der Waals surface area contributed by atoms with Crippen LogP contribution in [0.2, 0.25) is 0 Å². The van der Waals surface area contributed by atoms with E-state index in [4.69, 9.17) is 14.7 Å². The van der Waals surface area contributed by atoms with Gasteiger partial charge in [0, 0.05) is 24.1 Å². The minimum Gasteiger partial charge on any atom is -0.497 e. The van der Waals surface area contributed by atoms with Gasteiger partial charge in [-0.15, -0.1) is 0 Å². The Labute approximate surface area is 140 Å².